The molecule has 0 bridgehead atoms. The van der Waals surface area contributed by atoms with Gasteiger partial charge in [-0.15, -0.1) is 13.2 Å². The summed E-state index contributed by atoms with van der Waals surface area (Å²) in [7, 11) is 0. The molecular weight excluding hydrogens is 487 g/mol. The Balaban J connectivity index is 1.60. The van der Waals surface area contributed by atoms with Crippen molar-refractivity contribution in [3.05, 3.63) is 71.3 Å². The normalized spacial score (nSPS) is 15.2. The summed E-state index contributed by atoms with van der Waals surface area (Å²) in [5, 5.41) is 14.0. The minimum atomic E-state index is -4.79. The van der Waals surface area contributed by atoms with Crippen LogP contribution in [0.4, 0.5) is 13.2 Å². The zero-order valence-corrected chi connectivity index (χ0v) is 20.3. The molecule has 0 aromatic heterocycles. The summed E-state index contributed by atoms with van der Waals surface area (Å²) in [6, 6.07) is 13.3. The molecule has 4 rings (SSSR count). The number of aryl methyl sites for hydroxylation is 1. The maximum Gasteiger partial charge on any atom is 0.573 e. The standard InChI is InChI=1S/C28H28F3NO5/c1-17-7-10-19-11-14-22(26(33)32-24(27(34)35)20-5-3-2-4-6-20)25(23(19)15-17)36-16-18-8-12-21(13-9-18)37-28(29,30)31/h7-15,20,24H,2-6,16H2,1H3,(H,32,33)(H,34,35). The lowest BCUT2D eigenvalue weighted by Gasteiger charge is -2.28. The highest BCUT2D eigenvalue weighted by molar-refractivity contribution is 6.05. The third kappa shape index (κ3) is 6.72. The highest BCUT2D eigenvalue weighted by Crippen LogP contribution is 2.33. The lowest BCUT2D eigenvalue weighted by Crippen LogP contribution is -2.46. The summed E-state index contributed by atoms with van der Waals surface area (Å²) in [4.78, 5) is 25.4. The van der Waals surface area contributed by atoms with Crippen LogP contribution in [-0.2, 0) is 11.4 Å². The van der Waals surface area contributed by atoms with Gasteiger partial charge >= 0.3 is 12.3 Å². The summed E-state index contributed by atoms with van der Waals surface area (Å²) in [5.41, 5.74) is 1.70. The van der Waals surface area contributed by atoms with Crippen molar-refractivity contribution in [2.75, 3.05) is 0 Å². The van der Waals surface area contributed by atoms with Crippen LogP contribution < -0.4 is 14.8 Å². The third-order valence-corrected chi connectivity index (χ3v) is 6.59. The first kappa shape index (κ1) is 26.3. The van der Waals surface area contributed by atoms with Crippen LogP contribution in [0.2, 0.25) is 0 Å². The van der Waals surface area contributed by atoms with Gasteiger partial charge in [0.05, 0.1) is 5.56 Å². The number of fused-ring (bicyclic) bond motifs is 1. The van der Waals surface area contributed by atoms with Crippen molar-refractivity contribution in [1.29, 1.82) is 0 Å². The molecule has 1 atom stereocenters. The number of rotatable bonds is 8. The molecule has 1 fully saturated rings. The molecule has 1 aliphatic rings. The molecule has 0 saturated heterocycles. The van der Waals surface area contributed by atoms with Gasteiger partial charge in [0.1, 0.15) is 24.1 Å². The molecule has 1 unspecified atom stereocenters. The number of carbonyl (C=O) groups is 2. The number of carboxylic acids is 1. The topological polar surface area (TPSA) is 84.9 Å². The Bertz CT molecular complexity index is 1270. The van der Waals surface area contributed by atoms with Crippen LogP contribution >= 0.6 is 0 Å². The molecule has 3 aromatic rings. The summed E-state index contributed by atoms with van der Waals surface area (Å²) >= 11 is 0. The molecule has 9 heteroatoms. The van der Waals surface area contributed by atoms with Crippen LogP contribution in [0.5, 0.6) is 11.5 Å². The van der Waals surface area contributed by atoms with E-state index < -0.39 is 24.3 Å². The van der Waals surface area contributed by atoms with E-state index in [-0.39, 0.29) is 29.6 Å². The number of benzene rings is 3. The minimum absolute atomic E-state index is 0.0232. The first-order valence-electron chi connectivity index (χ1n) is 12.2. The van der Waals surface area contributed by atoms with Crippen LogP contribution in [0.1, 0.15) is 53.6 Å². The van der Waals surface area contributed by atoms with Crippen LogP contribution in [0, 0.1) is 12.8 Å². The number of carboxylic acid groups (broad SMARTS) is 1. The second-order valence-electron chi connectivity index (χ2n) is 9.33. The average Bonchev–Trinajstić information content (AvgIpc) is 2.86. The number of alkyl halides is 3. The van der Waals surface area contributed by atoms with Crippen LogP contribution in [-0.4, -0.2) is 29.4 Å². The average molecular weight is 516 g/mol. The Morgan fingerprint density at radius 2 is 1.70 bits per heavy atom. The molecule has 0 radical (unpaired) electrons. The lowest BCUT2D eigenvalue weighted by molar-refractivity contribution is -0.274. The second kappa shape index (κ2) is 11.1. The molecule has 196 valence electrons. The number of carbonyl (C=O) groups excluding carboxylic acids is 1. The number of hydrogen-bond donors (Lipinski definition) is 2. The van der Waals surface area contributed by atoms with Crippen molar-refractivity contribution in [1.82, 2.24) is 5.32 Å². The molecule has 0 spiro atoms. The van der Waals surface area contributed by atoms with E-state index in [0.717, 1.165) is 43.1 Å². The summed E-state index contributed by atoms with van der Waals surface area (Å²) < 4.78 is 47.3. The molecule has 1 amide bonds. The summed E-state index contributed by atoms with van der Waals surface area (Å²) in [6.45, 7) is 1.88. The smallest absolute Gasteiger partial charge is 0.487 e. The van der Waals surface area contributed by atoms with Gasteiger partial charge in [-0.2, -0.15) is 0 Å². The molecule has 3 aromatic carbocycles. The minimum Gasteiger partial charge on any atom is -0.487 e. The van der Waals surface area contributed by atoms with Crippen LogP contribution in [0.25, 0.3) is 10.8 Å². The van der Waals surface area contributed by atoms with Crippen molar-refractivity contribution in [2.24, 2.45) is 5.92 Å². The Labute approximate surface area is 212 Å². The molecule has 1 aliphatic carbocycles. The number of halogens is 3. The predicted molar refractivity (Wildman–Crippen MR) is 132 cm³/mol. The Hall–Kier alpha value is -3.75. The van der Waals surface area contributed by atoms with Gasteiger partial charge in [-0.25, -0.2) is 4.79 Å². The van der Waals surface area contributed by atoms with E-state index in [1.54, 1.807) is 12.1 Å². The molecule has 0 heterocycles. The van der Waals surface area contributed by atoms with Crippen molar-refractivity contribution < 1.29 is 37.3 Å². The van der Waals surface area contributed by atoms with Gasteiger partial charge < -0.3 is 19.9 Å². The zero-order chi connectivity index (χ0) is 26.6. The monoisotopic (exact) mass is 515 g/mol. The highest BCUT2D eigenvalue weighted by atomic mass is 19.4. The Morgan fingerprint density at radius 1 is 1.03 bits per heavy atom. The largest absolute Gasteiger partial charge is 0.573 e. The van der Waals surface area contributed by atoms with Gasteiger partial charge in [0.2, 0.25) is 0 Å². The fraction of sp³-hybridized carbons (Fsp3) is 0.357. The fourth-order valence-corrected chi connectivity index (χ4v) is 4.75. The maximum absolute atomic E-state index is 13.4. The Morgan fingerprint density at radius 3 is 2.35 bits per heavy atom. The maximum atomic E-state index is 13.4. The van der Waals surface area contributed by atoms with Gasteiger partial charge in [0.15, 0.2) is 0 Å². The van der Waals surface area contributed by atoms with Gasteiger partial charge in [0, 0.05) is 5.39 Å². The van der Waals surface area contributed by atoms with Gasteiger partial charge in [0.25, 0.3) is 5.91 Å². The van der Waals surface area contributed by atoms with E-state index in [1.165, 1.54) is 24.3 Å². The molecular formula is C28H28F3NO5. The molecule has 6 nitrogen and oxygen atoms in total. The van der Waals surface area contributed by atoms with E-state index in [4.69, 9.17) is 4.74 Å². The molecule has 1 saturated carbocycles. The Kier molecular flexibility index (Phi) is 7.90. The van der Waals surface area contributed by atoms with Gasteiger partial charge in [-0.3, -0.25) is 4.79 Å². The van der Waals surface area contributed by atoms with E-state index in [9.17, 15) is 27.9 Å². The predicted octanol–water partition coefficient (Wildman–Crippen LogP) is 6.39. The van der Waals surface area contributed by atoms with E-state index in [1.807, 2.05) is 25.1 Å². The van der Waals surface area contributed by atoms with E-state index in [0.29, 0.717) is 10.9 Å². The highest BCUT2D eigenvalue weighted by Gasteiger charge is 2.32. The summed E-state index contributed by atoms with van der Waals surface area (Å²) in [5.74, 6) is -1.83. The van der Waals surface area contributed by atoms with E-state index >= 15 is 0 Å². The molecule has 2 N–H and O–H groups in total. The molecule has 0 aliphatic heterocycles. The quantitative estimate of drug-likeness (QED) is 0.363. The third-order valence-electron chi connectivity index (χ3n) is 6.59. The van der Waals surface area contributed by atoms with Gasteiger partial charge in [-0.05, 0) is 60.9 Å². The number of nitrogens with one attached hydrogen (secondary N) is 1. The first-order chi connectivity index (χ1) is 17.6. The van der Waals surface area contributed by atoms with E-state index in [2.05, 4.69) is 10.1 Å². The van der Waals surface area contributed by atoms with Crippen LogP contribution in [0.3, 0.4) is 0 Å². The zero-order valence-electron chi connectivity index (χ0n) is 20.3. The number of amides is 1. The first-order valence-corrected chi connectivity index (χ1v) is 12.2. The SMILES string of the molecule is Cc1ccc2ccc(C(=O)NC(C(=O)O)C3CCCCC3)c(OCc3ccc(OC(F)(F)F)cc3)c2c1. The number of hydrogen-bond acceptors (Lipinski definition) is 4. The number of ether oxygens (including phenoxy) is 2. The summed E-state index contributed by atoms with van der Waals surface area (Å²) in [6.07, 6.45) is -0.382. The van der Waals surface area contributed by atoms with Crippen LogP contribution in [0.15, 0.2) is 54.6 Å². The fourth-order valence-electron chi connectivity index (χ4n) is 4.75. The van der Waals surface area contributed by atoms with Crippen molar-refractivity contribution in [3.8, 4) is 11.5 Å². The molecule has 37 heavy (non-hydrogen) atoms. The second-order valence-corrected chi connectivity index (χ2v) is 9.33. The van der Waals surface area contributed by atoms with Crippen molar-refractivity contribution in [3.63, 3.8) is 0 Å². The van der Waals surface area contributed by atoms with Crippen molar-refractivity contribution >= 4 is 22.6 Å². The number of aliphatic carboxylic acids is 1. The van der Waals surface area contributed by atoms with Gasteiger partial charge in [-0.1, -0.05) is 55.2 Å². The lowest BCUT2D eigenvalue weighted by atomic mass is 9.83. The van der Waals surface area contributed by atoms with Crippen molar-refractivity contribution in [2.45, 2.75) is 58.0 Å².